The molecule has 0 atom stereocenters. The fourth-order valence-electron chi connectivity index (χ4n) is 2.28. The Labute approximate surface area is 108 Å². The highest BCUT2D eigenvalue weighted by Crippen LogP contribution is 2.26. The monoisotopic (exact) mass is 236 g/mol. The van der Waals surface area contributed by atoms with Crippen LogP contribution in [0, 0.1) is 0 Å². The van der Waals surface area contributed by atoms with Crippen LogP contribution in [0.2, 0.25) is 0 Å². The van der Waals surface area contributed by atoms with E-state index in [2.05, 4.69) is 55.1 Å². The third-order valence-corrected chi connectivity index (χ3v) is 3.20. The Kier molecular flexibility index (Phi) is 3.42. The number of pyridine rings is 1. The summed E-state index contributed by atoms with van der Waals surface area (Å²) in [5.41, 5.74) is 3.59. The first-order valence-electron chi connectivity index (χ1n) is 6.02. The molecule has 18 heavy (non-hydrogen) atoms. The highest BCUT2D eigenvalue weighted by Gasteiger charge is 2.13. The Hall–Kier alpha value is -2.15. The molecule has 2 aromatic rings. The molecule has 0 radical (unpaired) electrons. The molecular weight excluding hydrogens is 218 g/mol. The van der Waals surface area contributed by atoms with Crippen LogP contribution in [-0.4, -0.2) is 0 Å². The molecule has 1 nitrogen and oxygen atoms in total. The van der Waals surface area contributed by atoms with E-state index in [1.165, 1.54) is 21.9 Å². The van der Waals surface area contributed by atoms with E-state index in [1.54, 1.807) is 0 Å². The summed E-state index contributed by atoms with van der Waals surface area (Å²) in [5, 5.41) is 2.48. The molecule has 0 saturated carbocycles. The molecule has 0 unspecified atom stereocenters. The van der Waals surface area contributed by atoms with E-state index in [0.717, 1.165) is 5.69 Å². The molecule has 1 aromatic heterocycles. The van der Waals surface area contributed by atoms with Gasteiger partial charge in [-0.1, -0.05) is 43.5 Å². The van der Waals surface area contributed by atoms with E-state index in [4.69, 9.17) is 0 Å². The summed E-state index contributed by atoms with van der Waals surface area (Å²) in [7, 11) is 2.04. The van der Waals surface area contributed by atoms with Gasteiger partial charge in [0.1, 0.15) is 7.05 Å². The number of hydrogen-bond donors (Lipinski definition) is 0. The smallest absolute Gasteiger partial charge is 0.201 e. The van der Waals surface area contributed by atoms with Crippen LogP contribution in [0.5, 0.6) is 0 Å². The summed E-state index contributed by atoms with van der Waals surface area (Å²) in [4.78, 5) is 0. The Morgan fingerprint density at radius 1 is 1.22 bits per heavy atom. The highest BCUT2D eigenvalue weighted by molar-refractivity contribution is 5.97. The van der Waals surface area contributed by atoms with Crippen LogP contribution in [0.3, 0.4) is 0 Å². The van der Waals surface area contributed by atoms with Crippen molar-refractivity contribution in [2.45, 2.75) is 6.92 Å². The minimum absolute atomic E-state index is 1.14. The average Bonchev–Trinajstić information content (AvgIpc) is 2.38. The third kappa shape index (κ3) is 2.00. The summed E-state index contributed by atoms with van der Waals surface area (Å²) in [6.07, 6.45) is 7.84. The maximum Gasteiger partial charge on any atom is 0.212 e. The maximum atomic E-state index is 3.93. The van der Waals surface area contributed by atoms with Crippen LogP contribution >= 0.6 is 0 Å². The van der Waals surface area contributed by atoms with Gasteiger partial charge in [0.25, 0.3) is 0 Å². The molecule has 0 aliphatic carbocycles. The van der Waals surface area contributed by atoms with Gasteiger partial charge in [0.15, 0.2) is 6.20 Å². The minimum atomic E-state index is 1.14. The fourth-order valence-corrected chi connectivity index (χ4v) is 2.28. The van der Waals surface area contributed by atoms with E-state index in [-0.39, 0.29) is 0 Å². The van der Waals surface area contributed by atoms with Crippen LogP contribution < -0.4 is 4.57 Å². The van der Waals surface area contributed by atoms with Crippen LogP contribution in [0.25, 0.3) is 22.4 Å². The lowest BCUT2D eigenvalue weighted by Crippen LogP contribution is -2.31. The Morgan fingerprint density at radius 2 is 2.00 bits per heavy atom. The minimum Gasteiger partial charge on any atom is -0.201 e. The van der Waals surface area contributed by atoms with Gasteiger partial charge in [-0.2, -0.15) is 0 Å². The molecule has 0 saturated heterocycles. The molecule has 1 heteroatoms. The lowest BCUT2D eigenvalue weighted by Gasteiger charge is -2.08. The van der Waals surface area contributed by atoms with Crippen molar-refractivity contribution in [1.29, 1.82) is 0 Å². The van der Waals surface area contributed by atoms with Gasteiger partial charge in [0.05, 0.1) is 5.39 Å². The molecule has 0 aliphatic rings. The Morgan fingerprint density at radius 3 is 2.67 bits per heavy atom. The van der Waals surface area contributed by atoms with Gasteiger partial charge in [0.2, 0.25) is 5.69 Å². The molecule has 0 amide bonds. The zero-order valence-corrected chi connectivity index (χ0v) is 11.0. The van der Waals surface area contributed by atoms with Crippen molar-refractivity contribution in [2.24, 2.45) is 7.05 Å². The van der Waals surface area contributed by atoms with Gasteiger partial charge in [-0.3, -0.25) is 0 Å². The zero-order valence-electron chi connectivity index (χ0n) is 11.0. The van der Waals surface area contributed by atoms with Crippen molar-refractivity contribution >= 4 is 22.4 Å². The van der Waals surface area contributed by atoms with E-state index in [0.29, 0.717) is 0 Å². The second-order valence-corrected chi connectivity index (χ2v) is 4.37. The van der Waals surface area contributed by atoms with Gasteiger partial charge >= 0.3 is 0 Å². The molecule has 0 aliphatic heterocycles. The van der Waals surface area contributed by atoms with E-state index >= 15 is 0 Å². The Balaban J connectivity index is 2.90. The average molecular weight is 236 g/mol. The topological polar surface area (TPSA) is 3.88 Å². The first-order chi connectivity index (χ1) is 8.69. The van der Waals surface area contributed by atoms with Gasteiger partial charge in [-0.05, 0) is 23.4 Å². The molecular formula is C17H18N+. The number of nitrogens with zero attached hydrogens (tertiary/aromatic N) is 1. The summed E-state index contributed by atoms with van der Waals surface area (Å²) in [6, 6.07) is 8.50. The van der Waals surface area contributed by atoms with Crippen LogP contribution in [0.15, 0.2) is 55.8 Å². The van der Waals surface area contributed by atoms with Gasteiger partial charge in [-0.15, -0.1) is 0 Å². The zero-order chi connectivity index (χ0) is 13.1. The first kappa shape index (κ1) is 12.3. The molecule has 0 N–H and O–H groups in total. The van der Waals surface area contributed by atoms with Crippen LogP contribution in [0.1, 0.15) is 18.2 Å². The van der Waals surface area contributed by atoms with Gasteiger partial charge in [0, 0.05) is 12.1 Å². The van der Waals surface area contributed by atoms with E-state index in [1.807, 2.05) is 25.3 Å². The molecule has 0 fully saturated rings. The predicted octanol–water partition coefficient (Wildman–Crippen LogP) is 3.90. The van der Waals surface area contributed by atoms with Crippen molar-refractivity contribution in [1.82, 2.24) is 0 Å². The van der Waals surface area contributed by atoms with Gasteiger partial charge < -0.3 is 0 Å². The molecule has 90 valence electrons. The largest absolute Gasteiger partial charge is 0.212 e. The van der Waals surface area contributed by atoms with Crippen molar-refractivity contribution in [3.63, 3.8) is 0 Å². The quantitative estimate of drug-likeness (QED) is 0.562. The van der Waals surface area contributed by atoms with Crippen molar-refractivity contribution in [3.8, 4) is 0 Å². The van der Waals surface area contributed by atoms with E-state index in [9.17, 15) is 0 Å². The summed E-state index contributed by atoms with van der Waals surface area (Å²) < 4.78 is 2.10. The molecule has 1 heterocycles. The molecule has 2 rings (SSSR count). The van der Waals surface area contributed by atoms with Crippen LogP contribution in [0.4, 0.5) is 0 Å². The number of aryl methyl sites for hydroxylation is 1. The Bertz CT molecular complexity index is 648. The fraction of sp³-hybridized carbons (Fsp3) is 0.118. The lowest BCUT2D eigenvalue weighted by atomic mass is 9.97. The van der Waals surface area contributed by atoms with Crippen molar-refractivity contribution < 1.29 is 4.57 Å². The molecule has 1 aromatic carbocycles. The number of benzene rings is 1. The second-order valence-electron chi connectivity index (χ2n) is 4.37. The maximum absolute atomic E-state index is 3.93. The highest BCUT2D eigenvalue weighted by atomic mass is 14.9. The lowest BCUT2D eigenvalue weighted by molar-refractivity contribution is -0.671. The molecule has 0 spiro atoms. The SMILES string of the molecule is C=C/C=C(\C)c1cccc2cc[n+](C)c(C=C)c12. The third-order valence-electron chi connectivity index (χ3n) is 3.20. The summed E-state index contributed by atoms with van der Waals surface area (Å²) in [6.45, 7) is 9.80. The number of allylic oxidation sites excluding steroid dienone is 3. The van der Waals surface area contributed by atoms with Crippen LogP contribution in [-0.2, 0) is 7.05 Å². The number of fused-ring (bicyclic) bond motifs is 1. The first-order valence-corrected chi connectivity index (χ1v) is 6.02. The standard InChI is InChI=1S/C17H18N/c1-5-8-13(3)15-10-7-9-14-11-12-18(4)16(6-2)17(14)15/h5-12H,1-2H2,3-4H3/q+1/b13-8+. The summed E-state index contributed by atoms with van der Waals surface area (Å²) in [5.74, 6) is 0. The van der Waals surface area contributed by atoms with Gasteiger partial charge in [-0.25, -0.2) is 4.57 Å². The van der Waals surface area contributed by atoms with Crippen molar-refractivity contribution in [2.75, 3.05) is 0 Å². The summed E-state index contributed by atoms with van der Waals surface area (Å²) >= 11 is 0. The number of rotatable bonds is 3. The normalized spacial score (nSPS) is 11.6. The number of aromatic nitrogens is 1. The predicted molar refractivity (Wildman–Crippen MR) is 79.1 cm³/mol. The molecule has 0 bridgehead atoms. The second kappa shape index (κ2) is 5.01. The number of hydrogen-bond acceptors (Lipinski definition) is 0. The van der Waals surface area contributed by atoms with E-state index < -0.39 is 0 Å². The van der Waals surface area contributed by atoms with Crippen molar-refractivity contribution in [3.05, 3.63) is 67.0 Å².